The van der Waals surface area contributed by atoms with E-state index in [1.54, 1.807) is 29.8 Å². The first-order valence-electron chi connectivity index (χ1n) is 6.06. The van der Waals surface area contributed by atoms with Crippen molar-refractivity contribution in [3.05, 3.63) is 29.0 Å². The number of aromatic nitrogens is 2. The number of imidazole rings is 1. The second-order valence-electron chi connectivity index (χ2n) is 4.53. The van der Waals surface area contributed by atoms with Gasteiger partial charge in [0, 0.05) is 25.3 Å². The average Bonchev–Trinajstić information content (AvgIpc) is 2.65. The quantitative estimate of drug-likeness (QED) is 0.897. The number of carbonyl (C=O) groups is 1. The molecule has 0 saturated heterocycles. The molecule has 1 atom stereocenters. The summed E-state index contributed by atoms with van der Waals surface area (Å²) in [6.07, 6.45) is 0.533. The van der Waals surface area contributed by atoms with Crippen LogP contribution in [0.25, 0.3) is 11.0 Å². The van der Waals surface area contributed by atoms with Crippen molar-refractivity contribution in [3.8, 4) is 0 Å². The zero-order valence-corrected chi connectivity index (χ0v) is 11.6. The van der Waals surface area contributed by atoms with Gasteiger partial charge in [-0.2, -0.15) is 0 Å². The third-order valence-electron chi connectivity index (χ3n) is 3.03. The van der Waals surface area contributed by atoms with Gasteiger partial charge in [-0.05, 0) is 43.1 Å². The van der Waals surface area contributed by atoms with Gasteiger partial charge in [0.15, 0.2) is 0 Å². The van der Waals surface area contributed by atoms with Crippen molar-refractivity contribution in [2.75, 3.05) is 6.61 Å². The van der Waals surface area contributed by atoms with E-state index in [2.05, 4.69) is 10.3 Å². The predicted octanol–water partition coefficient (Wildman–Crippen LogP) is 1.73. The molecule has 0 aliphatic rings. The zero-order valence-electron chi connectivity index (χ0n) is 10.9. The predicted molar refractivity (Wildman–Crippen MR) is 74.4 cm³/mol. The first-order valence-corrected chi connectivity index (χ1v) is 6.44. The summed E-state index contributed by atoms with van der Waals surface area (Å²) in [4.78, 5) is 16.2. The van der Waals surface area contributed by atoms with Gasteiger partial charge in [-0.3, -0.25) is 4.79 Å². The number of aliphatic hydroxyl groups is 1. The van der Waals surface area contributed by atoms with Gasteiger partial charge in [-0.1, -0.05) is 0 Å². The van der Waals surface area contributed by atoms with Crippen LogP contribution in [-0.4, -0.2) is 33.2 Å². The highest BCUT2D eigenvalue weighted by molar-refractivity contribution is 6.29. The number of amides is 1. The van der Waals surface area contributed by atoms with Gasteiger partial charge < -0.3 is 15.0 Å². The third-order valence-corrected chi connectivity index (χ3v) is 3.37. The summed E-state index contributed by atoms with van der Waals surface area (Å²) in [5.41, 5.74) is 2.12. The molecule has 5 nitrogen and oxygen atoms in total. The van der Waals surface area contributed by atoms with Crippen molar-refractivity contribution in [1.82, 2.24) is 14.9 Å². The molecule has 1 aromatic carbocycles. The number of aryl methyl sites for hydroxylation is 1. The number of nitrogens with one attached hydrogen (secondary N) is 1. The van der Waals surface area contributed by atoms with Crippen molar-refractivity contribution in [2.45, 2.75) is 19.4 Å². The average molecular weight is 282 g/mol. The highest BCUT2D eigenvalue weighted by Crippen LogP contribution is 2.19. The number of hydrogen-bond donors (Lipinski definition) is 2. The number of nitrogens with zero attached hydrogens (tertiary/aromatic N) is 2. The van der Waals surface area contributed by atoms with E-state index < -0.39 is 0 Å². The van der Waals surface area contributed by atoms with E-state index in [0.717, 1.165) is 11.0 Å². The number of hydrogen-bond acceptors (Lipinski definition) is 3. The van der Waals surface area contributed by atoms with Crippen LogP contribution >= 0.6 is 11.6 Å². The molecule has 0 spiro atoms. The maximum atomic E-state index is 12.0. The molecule has 2 aromatic rings. The van der Waals surface area contributed by atoms with Crippen LogP contribution in [0, 0.1) is 0 Å². The Hall–Kier alpha value is -1.59. The van der Waals surface area contributed by atoms with Crippen LogP contribution < -0.4 is 5.32 Å². The summed E-state index contributed by atoms with van der Waals surface area (Å²) in [5.74, 6) is -0.167. The fourth-order valence-electron chi connectivity index (χ4n) is 1.87. The van der Waals surface area contributed by atoms with Gasteiger partial charge >= 0.3 is 0 Å². The summed E-state index contributed by atoms with van der Waals surface area (Å²) in [5, 5.41) is 12.0. The number of aliphatic hydroxyl groups excluding tert-OH is 1. The fraction of sp³-hybridized carbons (Fsp3) is 0.385. The molecule has 2 N–H and O–H groups in total. The lowest BCUT2D eigenvalue weighted by molar-refractivity contribution is 0.0934. The molecular formula is C13H16ClN3O2. The maximum absolute atomic E-state index is 12.0. The topological polar surface area (TPSA) is 67.2 Å². The number of benzene rings is 1. The van der Waals surface area contributed by atoms with Crippen LogP contribution in [-0.2, 0) is 7.05 Å². The summed E-state index contributed by atoms with van der Waals surface area (Å²) < 4.78 is 1.73. The van der Waals surface area contributed by atoms with Crippen LogP contribution in [0.4, 0.5) is 0 Å². The smallest absolute Gasteiger partial charge is 0.251 e. The van der Waals surface area contributed by atoms with Gasteiger partial charge in [0.1, 0.15) is 0 Å². The largest absolute Gasteiger partial charge is 0.396 e. The Balaban J connectivity index is 2.25. The molecule has 0 saturated carbocycles. The lowest BCUT2D eigenvalue weighted by atomic mass is 10.1. The zero-order chi connectivity index (χ0) is 14.0. The first kappa shape index (κ1) is 13.8. The molecule has 0 unspecified atom stereocenters. The Morgan fingerprint density at radius 2 is 2.32 bits per heavy atom. The molecule has 0 fully saturated rings. The number of rotatable bonds is 4. The summed E-state index contributed by atoms with van der Waals surface area (Å²) in [6.45, 7) is 1.91. The Kier molecular flexibility index (Phi) is 4.07. The lowest BCUT2D eigenvalue weighted by Crippen LogP contribution is -2.33. The second kappa shape index (κ2) is 5.59. The Labute approximate surface area is 116 Å². The van der Waals surface area contributed by atoms with Crippen LogP contribution in [0.2, 0.25) is 5.28 Å². The van der Waals surface area contributed by atoms with E-state index in [1.165, 1.54) is 0 Å². The van der Waals surface area contributed by atoms with Gasteiger partial charge in [-0.25, -0.2) is 4.98 Å². The SMILES string of the molecule is C[C@@H](CCO)NC(=O)c1ccc2nc(Cl)n(C)c2c1. The van der Waals surface area contributed by atoms with E-state index >= 15 is 0 Å². The molecule has 102 valence electrons. The van der Waals surface area contributed by atoms with Crippen LogP contribution in [0.3, 0.4) is 0 Å². The van der Waals surface area contributed by atoms with E-state index in [9.17, 15) is 4.79 Å². The number of fused-ring (bicyclic) bond motifs is 1. The van der Waals surface area contributed by atoms with Crippen LogP contribution in [0.15, 0.2) is 18.2 Å². The van der Waals surface area contributed by atoms with Crippen molar-refractivity contribution >= 4 is 28.5 Å². The van der Waals surface area contributed by atoms with Gasteiger partial charge in [0.2, 0.25) is 5.28 Å². The first-order chi connectivity index (χ1) is 9.02. The fourth-order valence-corrected chi connectivity index (χ4v) is 2.06. The molecule has 6 heteroatoms. The molecule has 1 amide bonds. The van der Waals surface area contributed by atoms with E-state index in [4.69, 9.17) is 16.7 Å². The minimum absolute atomic E-state index is 0.0534. The van der Waals surface area contributed by atoms with Crippen molar-refractivity contribution in [3.63, 3.8) is 0 Å². The molecule has 1 aromatic heterocycles. The monoisotopic (exact) mass is 281 g/mol. The highest BCUT2D eigenvalue weighted by Gasteiger charge is 2.12. The highest BCUT2D eigenvalue weighted by atomic mass is 35.5. The summed E-state index contributed by atoms with van der Waals surface area (Å²) >= 11 is 5.93. The Morgan fingerprint density at radius 1 is 1.58 bits per heavy atom. The minimum Gasteiger partial charge on any atom is -0.396 e. The van der Waals surface area contributed by atoms with Crippen molar-refractivity contribution in [2.24, 2.45) is 7.05 Å². The molecular weight excluding hydrogens is 266 g/mol. The van der Waals surface area contributed by atoms with Crippen molar-refractivity contribution < 1.29 is 9.90 Å². The lowest BCUT2D eigenvalue weighted by Gasteiger charge is -2.12. The van der Waals surface area contributed by atoms with E-state index in [1.807, 2.05) is 6.92 Å². The normalized spacial score (nSPS) is 12.6. The molecule has 2 rings (SSSR count). The Bertz CT molecular complexity index is 609. The molecule has 1 heterocycles. The summed E-state index contributed by atoms with van der Waals surface area (Å²) in [6, 6.07) is 5.18. The molecule has 0 bridgehead atoms. The maximum Gasteiger partial charge on any atom is 0.251 e. The molecule has 0 aliphatic carbocycles. The standard InChI is InChI=1S/C13H16ClN3O2/c1-8(5-6-18)15-12(19)9-3-4-10-11(7-9)17(2)13(14)16-10/h3-4,7-8,18H,5-6H2,1-2H3,(H,15,19)/t8-/m0/s1. The van der Waals surface area contributed by atoms with Crippen molar-refractivity contribution in [1.29, 1.82) is 0 Å². The minimum atomic E-state index is -0.167. The molecule has 19 heavy (non-hydrogen) atoms. The second-order valence-corrected chi connectivity index (χ2v) is 4.87. The van der Waals surface area contributed by atoms with Gasteiger partial charge in [-0.15, -0.1) is 0 Å². The van der Waals surface area contributed by atoms with Crippen LogP contribution in [0.1, 0.15) is 23.7 Å². The van der Waals surface area contributed by atoms with Gasteiger partial charge in [0.25, 0.3) is 5.91 Å². The third kappa shape index (κ3) is 2.88. The molecule has 0 aliphatic heterocycles. The number of halogens is 1. The van der Waals surface area contributed by atoms with E-state index in [0.29, 0.717) is 17.3 Å². The van der Waals surface area contributed by atoms with Gasteiger partial charge in [0.05, 0.1) is 11.0 Å². The van der Waals surface area contributed by atoms with Crippen LogP contribution in [0.5, 0.6) is 0 Å². The van der Waals surface area contributed by atoms with E-state index in [-0.39, 0.29) is 18.6 Å². The Morgan fingerprint density at radius 3 is 3.00 bits per heavy atom. The number of carbonyl (C=O) groups excluding carboxylic acids is 1. The summed E-state index contributed by atoms with van der Waals surface area (Å²) in [7, 11) is 1.80. The molecule has 0 radical (unpaired) electrons.